The third-order valence-corrected chi connectivity index (χ3v) is 3.10. The smallest absolute Gasteiger partial charge is 0.0817 e. The summed E-state index contributed by atoms with van der Waals surface area (Å²) in [5, 5.41) is 0. The van der Waals surface area contributed by atoms with Gasteiger partial charge in [-0.2, -0.15) is 0 Å². The highest BCUT2D eigenvalue weighted by molar-refractivity contribution is 4.88. The quantitative estimate of drug-likeness (QED) is 0.707. The zero-order chi connectivity index (χ0) is 9.73. The first-order valence-electron chi connectivity index (χ1n) is 5.24. The van der Waals surface area contributed by atoms with Crippen LogP contribution in [0.4, 0.5) is 0 Å². The number of nitrogens with two attached hydrogens (primary N) is 1. The molecule has 2 N–H and O–H groups in total. The van der Waals surface area contributed by atoms with Gasteiger partial charge in [-0.3, -0.25) is 0 Å². The van der Waals surface area contributed by atoms with Gasteiger partial charge in [-0.15, -0.1) is 0 Å². The lowest BCUT2D eigenvalue weighted by atomic mass is 9.89. The molecule has 1 fully saturated rings. The van der Waals surface area contributed by atoms with Crippen LogP contribution in [0, 0.1) is 0 Å². The molecule has 78 valence electrons. The third-order valence-electron chi connectivity index (χ3n) is 3.10. The zero-order valence-corrected chi connectivity index (χ0v) is 8.88. The zero-order valence-electron chi connectivity index (χ0n) is 8.88. The summed E-state index contributed by atoms with van der Waals surface area (Å²) in [5.41, 5.74) is 5.65. The van der Waals surface area contributed by atoms with Crippen LogP contribution in [-0.4, -0.2) is 43.8 Å². The number of likely N-dealkylation sites (N-methyl/N-ethyl adjacent to an activating group) is 1. The highest BCUT2D eigenvalue weighted by atomic mass is 16.5. The van der Waals surface area contributed by atoms with Crippen LogP contribution in [0.25, 0.3) is 0 Å². The van der Waals surface area contributed by atoms with Crippen molar-refractivity contribution in [3.05, 3.63) is 0 Å². The van der Waals surface area contributed by atoms with Crippen LogP contribution in [0.5, 0.6) is 0 Å². The van der Waals surface area contributed by atoms with Crippen molar-refractivity contribution in [1.82, 2.24) is 4.90 Å². The second kappa shape index (κ2) is 4.94. The average molecular weight is 186 g/mol. The highest BCUT2D eigenvalue weighted by Crippen LogP contribution is 2.27. The topological polar surface area (TPSA) is 38.5 Å². The fraction of sp³-hybridized carbons (Fsp3) is 1.00. The van der Waals surface area contributed by atoms with E-state index < -0.39 is 0 Å². The minimum atomic E-state index is 0.0447. The van der Waals surface area contributed by atoms with Crippen molar-refractivity contribution in [3.8, 4) is 0 Å². The van der Waals surface area contributed by atoms with Gasteiger partial charge in [0.1, 0.15) is 0 Å². The number of hydrogen-bond acceptors (Lipinski definition) is 3. The molecular weight excluding hydrogens is 164 g/mol. The maximum Gasteiger partial charge on any atom is 0.0817 e. The summed E-state index contributed by atoms with van der Waals surface area (Å²) in [6, 6.07) is 0. The number of rotatable bonds is 4. The highest BCUT2D eigenvalue weighted by Gasteiger charge is 2.33. The molecule has 1 unspecified atom stereocenters. The van der Waals surface area contributed by atoms with Gasteiger partial charge in [0.15, 0.2) is 0 Å². The van der Waals surface area contributed by atoms with Crippen LogP contribution in [0.1, 0.15) is 26.2 Å². The van der Waals surface area contributed by atoms with Crippen LogP contribution in [0.2, 0.25) is 0 Å². The molecule has 1 aliphatic heterocycles. The van der Waals surface area contributed by atoms with Gasteiger partial charge in [-0.1, -0.05) is 6.92 Å². The first-order chi connectivity index (χ1) is 6.26. The Morgan fingerprint density at radius 2 is 2.31 bits per heavy atom. The van der Waals surface area contributed by atoms with E-state index in [4.69, 9.17) is 10.5 Å². The van der Waals surface area contributed by atoms with E-state index in [9.17, 15) is 0 Å². The normalized spacial score (nSPS) is 30.7. The molecule has 0 spiro atoms. The van der Waals surface area contributed by atoms with E-state index in [1.165, 1.54) is 13.0 Å². The molecule has 0 saturated carbocycles. The van der Waals surface area contributed by atoms with Crippen molar-refractivity contribution in [1.29, 1.82) is 0 Å². The molecule has 1 aliphatic rings. The second-order valence-corrected chi connectivity index (χ2v) is 3.90. The van der Waals surface area contributed by atoms with Gasteiger partial charge in [0.25, 0.3) is 0 Å². The second-order valence-electron chi connectivity index (χ2n) is 3.90. The lowest BCUT2D eigenvalue weighted by molar-refractivity contribution is -0.0671. The largest absolute Gasteiger partial charge is 0.377 e. The maximum atomic E-state index is 5.63. The molecule has 0 aromatic rings. The summed E-state index contributed by atoms with van der Waals surface area (Å²) in [6.45, 7) is 6.32. The Morgan fingerprint density at radius 3 is 2.85 bits per heavy atom. The summed E-state index contributed by atoms with van der Waals surface area (Å²) >= 11 is 0. The Bertz CT molecular complexity index is 148. The van der Waals surface area contributed by atoms with Crippen LogP contribution < -0.4 is 5.73 Å². The summed E-state index contributed by atoms with van der Waals surface area (Å²) in [4.78, 5) is 2.45. The molecule has 0 bridgehead atoms. The van der Waals surface area contributed by atoms with Crippen molar-refractivity contribution >= 4 is 0 Å². The Hall–Kier alpha value is -0.120. The lowest BCUT2D eigenvalue weighted by Gasteiger charge is -2.41. The first kappa shape index (κ1) is 11.0. The minimum Gasteiger partial charge on any atom is -0.377 e. The number of ether oxygens (including phenoxy) is 1. The molecule has 3 heteroatoms. The van der Waals surface area contributed by atoms with Crippen LogP contribution in [-0.2, 0) is 4.74 Å². The molecule has 0 amide bonds. The SMILES string of the molecule is CCN1CCCC(CCN)(OC)C1. The number of nitrogens with zero attached hydrogens (tertiary/aromatic N) is 1. The molecular formula is C10H22N2O. The molecule has 0 aromatic carbocycles. The van der Waals surface area contributed by atoms with E-state index >= 15 is 0 Å². The van der Waals surface area contributed by atoms with Crippen molar-refractivity contribution in [3.63, 3.8) is 0 Å². The molecule has 1 heterocycles. The van der Waals surface area contributed by atoms with Crippen LogP contribution >= 0.6 is 0 Å². The van der Waals surface area contributed by atoms with Gasteiger partial charge in [-0.25, -0.2) is 0 Å². The maximum absolute atomic E-state index is 5.63. The van der Waals surface area contributed by atoms with E-state index in [0.29, 0.717) is 0 Å². The summed E-state index contributed by atoms with van der Waals surface area (Å²) in [6.07, 6.45) is 3.39. The monoisotopic (exact) mass is 186 g/mol. The molecule has 0 aromatic heterocycles. The van der Waals surface area contributed by atoms with E-state index in [1.807, 2.05) is 7.11 Å². The molecule has 3 nitrogen and oxygen atoms in total. The van der Waals surface area contributed by atoms with Crippen molar-refractivity contribution in [2.45, 2.75) is 31.8 Å². The minimum absolute atomic E-state index is 0.0447. The van der Waals surface area contributed by atoms with Crippen LogP contribution in [0.15, 0.2) is 0 Å². The molecule has 0 aliphatic carbocycles. The molecule has 0 radical (unpaired) electrons. The van der Waals surface area contributed by atoms with Crippen LogP contribution in [0.3, 0.4) is 0 Å². The Labute approximate surface area is 81.2 Å². The number of methoxy groups -OCH3 is 1. The Morgan fingerprint density at radius 1 is 1.54 bits per heavy atom. The summed E-state index contributed by atoms with van der Waals surface area (Å²) in [5.74, 6) is 0. The standard InChI is InChI=1S/C10H22N2O/c1-3-12-8-4-5-10(9-12,13-2)6-7-11/h3-9,11H2,1-2H3. The lowest BCUT2D eigenvalue weighted by Crippen LogP contribution is -2.50. The van der Waals surface area contributed by atoms with Gasteiger partial charge in [-0.05, 0) is 38.9 Å². The van der Waals surface area contributed by atoms with Crippen molar-refractivity contribution in [2.75, 3.05) is 33.3 Å². The molecule has 1 saturated heterocycles. The van der Waals surface area contributed by atoms with Gasteiger partial charge in [0, 0.05) is 13.7 Å². The fourth-order valence-electron chi connectivity index (χ4n) is 2.20. The molecule has 1 atom stereocenters. The van der Waals surface area contributed by atoms with Gasteiger partial charge in [0.2, 0.25) is 0 Å². The summed E-state index contributed by atoms with van der Waals surface area (Å²) < 4.78 is 5.63. The summed E-state index contributed by atoms with van der Waals surface area (Å²) in [7, 11) is 1.81. The Kier molecular flexibility index (Phi) is 4.16. The van der Waals surface area contributed by atoms with Gasteiger partial charge >= 0.3 is 0 Å². The fourth-order valence-corrected chi connectivity index (χ4v) is 2.20. The van der Waals surface area contributed by atoms with Crippen molar-refractivity contribution < 1.29 is 4.74 Å². The van der Waals surface area contributed by atoms with E-state index in [2.05, 4.69) is 11.8 Å². The number of hydrogen-bond donors (Lipinski definition) is 1. The number of likely N-dealkylation sites (tertiary alicyclic amines) is 1. The number of piperidine rings is 1. The van der Waals surface area contributed by atoms with E-state index in [0.717, 1.165) is 32.5 Å². The first-order valence-corrected chi connectivity index (χ1v) is 5.24. The third kappa shape index (κ3) is 2.66. The molecule has 1 rings (SSSR count). The van der Waals surface area contributed by atoms with Gasteiger partial charge in [0.05, 0.1) is 5.60 Å². The van der Waals surface area contributed by atoms with Crippen molar-refractivity contribution in [2.24, 2.45) is 5.73 Å². The predicted molar refractivity (Wildman–Crippen MR) is 54.8 cm³/mol. The van der Waals surface area contributed by atoms with E-state index in [1.54, 1.807) is 0 Å². The average Bonchev–Trinajstić information content (AvgIpc) is 2.19. The molecule has 13 heavy (non-hydrogen) atoms. The predicted octanol–water partition coefficient (Wildman–Crippen LogP) is 0.836. The Balaban J connectivity index is 2.53. The van der Waals surface area contributed by atoms with E-state index in [-0.39, 0.29) is 5.60 Å². The van der Waals surface area contributed by atoms with Gasteiger partial charge < -0.3 is 15.4 Å².